The van der Waals surface area contributed by atoms with Crippen molar-refractivity contribution in [1.29, 1.82) is 0 Å². The second kappa shape index (κ2) is 8.04. The van der Waals surface area contributed by atoms with Crippen molar-refractivity contribution in [2.24, 2.45) is 0 Å². The highest BCUT2D eigenvalue weighted by Crippen LogP contribution is 2.22. The molecule has 2 N–H and O–H groups in total. The van der Waals surface area contributed by atoms with Crippen LogP contribution in [0.5, 0.6) is 0 Å². The minimum atomic E-state index is -4.15. The fourth-order valence-electron chi connectivity index (χ4n) is 2.56. The summed E-state index contributed by atoms with van der Waals surface area (Å²) >= 11 is 0. The molecule has 158 valence electrons. The molecule has 0 heterocycles. The van der Waals surface area contributed by atoms with Gasteiger partial charge in [-0.25, -0.2) is 25.6 Å². The molecule has 3 aromatic rings. The zero-order valence-electron chi connectivity index (χ0n) is 16.0. The first-order valence-electron chi connectivity index (χ1n) is 8.66. The molecule has 0 fully saturated rings. The molecule has 0 bridgehead atoms. The predicted octanol–water partition coefficient (Wildman–Crippen LogP) is 4.18. The van der Waals surface area contributed by atoms with Crippen LogP contribution in [0.3, 0.4) is 0 Å². The lowest BCUT2D eigenvalue weighted by molar-refractivity contribution is 0.504. The van der Waals surface area contributed by atoms with Gasteiger partial charge in [0, 0.05) is 11.4 Å². The van der Waals surface area contributed by atoms with E-state index in [1.54, 1.807) is 12.1 Å². The molecular formula is C20H18F2N2O4S2. The second-order valence-corrected chi connectivity index (χ2v) is 9.98. The Labute approximate surface area is 173 Å². The normalized spacial score (nSPS) is 11.9. The third-order valence-corrected chi connectivity index (χ3v) is 7.14. The number of hydrogen-bond acceptors (Lipinski definition) is 4. The van der Waals surface area contributed by atoms with Gasteiger partial charge in [-0.05, 0) is 79.6 Å². The molecule has 30 heavy (non-hydrogen) atoms. The number of halogens is 2. The summed E-state index contributed by atoms with van der Waals surface area (Å²) < 4.78 is 80.7. The molecule has 0 saturated heterocycles. The fourth-order valence-corrected chi connectivity index (χ4v) is 4.77. The Balaban J connectivity index is 1.77. The van der Waals surface area contributed by atoms with Gasteiger partial charge in [-0.3, -0.25) is 9.44 Å². The van der Waals surface area contributed by atoms with E-state index in [1.165, 1.54) is 30.3 Å². The monoisotopic (exact) mass is 452 g/mol. The SMILES string of the molecule is Cc1ccc(S(=O)(=O)Nc2ccc(NS(=O)(=O)c3ccc(F)c(F)c3)cc2)cc1C. The van der Waals surface area contributed by atoms with E-state index in [-0.39, 0.29) is 16.3 Å². The maximum Gasteiger partial charge on any atom is 0.261 e. The van der Waals surface area contributed by atoms with E-state index in [1.807, 2.05) is 13.8 Å². The van der Waals surface area contributed by atoms with Crippen molar-refractivity contribution in [3.63, 3.8) is 0 Å². The van der Waals surface area contributed by atoms with E-state index in [9.17, 15) is 25.6 Å². The van der Waals surface area contributed by atoms with Crippen molar-refractivity contribution >= 4 is 31.4 Å². The fraction of sp³-hybridized carbons (Fsp3) is 0.100. The minimum Gasteiger partial charge on any atom is -0.280 e. The molecule has 0 aliphatic carbocycles. The van der Waals surface area contributed by atoms with Crippen molar-refractivity contribution in [3.8, 4) is 0 Å². The van der Waals surface area contributed by atoms with Gasteiger partial charge in [0.1, 0.15) is 0 Å². The molecule has 6 nitrogen and oxygen atoms in total. The topological polar surface area (TPSA) is 92.3 Å². The highest BCUT2D eigenvalue weighted by molar-refractivity contribution is 7.93. The lowest BCUT2D eigenvalue weighted by Crippen LogP contribution is -2.14. The summed E-state index contributed by atoms with van der Waals surface area (Å²) in [7, 11) is -7.97. The number of benzene rings is 3. The summed E-state index contributed by atoms with van der Waals surface area (Å²) in [5.74, 6) is -2.44. The molecule has 0 radical (unpaired) electrons. The van der Waals surface area contributed by atoms with Gasteiger partial charge in [0.2, 0.25) is 0 Å². The highest BCUT2D eigenvalue weighted by atomic mass is 32.2. The summed E-state index contributed by atoms with van der Waals surface area (Å²) in [6.45, 7) is 3.68. The molecule has 3 rings (SSSR count). The number of aryl methyl sites for hydroxylation is 2. The first kappa shape index (κ1) is 21.7. The Kier molecular flexibility index (Phi) is 5.82. The van der Waals surface area contributed by atoms with Crippen LogP contribution in [0.25, 0.3) is 0 Å². The Bertz CT molecular complexity index is 1200. The maximum atomic E-state index is 13.3. The van der Waals surface area contributed by atoms with Crippen LogP contribution in [-0.2, 0) is 20.0 Å². The van der Waals surface area contributed by atoms with Crippen LogP contribution in [-0.4, -0.2) is 16.8 Å². The van der Waals surface area contributed by atoms with E-state index in [2.05, 4.69) is 9.44 Å². The van der Waals surface area contributed by atoms with Crippen LogP contribution in [0, 0.1) is 25.5 Å². The van der Waals surface area contributed by atoms with Crippen molar-refractivity contribution in [2.45, 2.75) is 23.6 Å². The molecule has 0 aromatic heterocycles. The zero-order valence-corrected chi connectivity index (χ0v) is 17.6. The van der Waals surface area contributed by atoms with Gasteiger partial charge in [0.15, 0.2) is 11.6 Å². The first-order valence-corrected chi connectivity index (χ1v) is 11.6. The lowest BCUT2D eigenvalue weighted by Gasteiger charge is -2.11. The molecule has 0 spiro atoms. The average Bonchev–Trinajstić information content (AvgIpc) is 2.67. The molecule has 0 atom stereocenters. The van der Waals surface area contributed by atoms with Crippen molar-refractivity contribution in [2.75, 3.05) is 9.44 Å². The van der Waals surface area contributed by atoms with Crippen molar-refractivity contribution in [3.05, 3.63) is 83.4 Å². The third kappa shape index (κ3) is 4.77. The average molecular weight is 453 g/mol. The quantitative estimate of drug-likeness (QED) is 0.587. The van der Waals surface area contributed by atoms with Crippen molar-refractivity contribution < 1.29 is 25.6 Å². The van der Waals surface area contributed by atoms with E-state index in [0.29, 0.717) is 12.1 Å². The van der Waals surface area contributed by atoms with Gasteiger partial charge < -0.3 is 0 Å². The summed E-state index contributed by atoms with van der Waals surface area (Å²) in [5, 5.41) is 0. The molecule has 0 unspecified atom stereocenters. The summed E-state index contributed by atoms with van der Waals surface area (Å²) in [5.41, 5.74) is 2.14. The molecule has 0 aliphatic rings. The van der Waals surface area contributed by atoms with Crippen LogP contribution in [0.15, 0.2) is 70.5 Å². The number of hydrogen-bond donors (Lipinski definition) is 2. The van der Waals surface area contributed by atoms with Gasteiger partial charge in [0.05, 0.1) is 9.79 Å². The molecule has 0 saturated carbocycles. The summed E-state index contributed by atoms with van der Waals surface area (Å²) in [6, 6.07) is 12.4. The first-order chi connectivity index (χ1) is 14.0. The summed E-state index contributed by atoms with van der Waals surface area (Å²) in [6.07, 6.45) is 0. The standard InChI is InChI=1S/C20H18F2N2O4S2/c1-13-3-8-17(11-14(13)2)29(25,26)23-15-4-6-16(7-5-15)24-30(27,28)18-9-10-19(21)20(22)12-18/h3-12,23-24H,1-2H3. The molecule has 0 amide bonds. The number of nitrogens with one attached hydrogen (secondary N) is 2. The van der Waals surface area contributed by atoms with E-state index in [0.717, 1.165) is 17.2 Å². The van der Waals surface area contributed by atoms with Crippen LogP contribution >= 0.6 is 0 Å². The second-order valence-electron chi connectivity index (χ2n) is 6.61. The number of rotatable bonds is 6. The molecule has 10 heteroatoms. The maximum absolute atomic E-state index is 13.3. The number of anilines is 2. The molecule has 3 aromatic carbocycles. The molecular weight excluding hydrogens is 434 g/mol. The van der Waals surface area contributed by atoms with Gasteiger partial charge in [-0.15, -0.1) is 0 Å². The van der Waals surface area contributed by atoms with E-state index < -0.39 is 36.6 Å². The van der Waals surface area contributed by atoms with Gasteiger partial charge in [-0.1, -0.05) is 6.07 Å². The van der Waals surface area contributed by atoms with Gasteiger partial charge >= 0.3 is 0 Å². The zero-order chi connectivity index (χ0) is 22.1. The smallest absolute Gasteiger partial charge is 0.261 e. The van der Waals surface area contributed by atoms with Crippen molar-refractivity contribution in [1.82, 2.24) is 0 Å². The lowest BCUT2D eigenvalue weighted by atomic mass is 10.1. The van der Waals surface area contributed by atoms with Crippen LogP contribution in [0.2, 0.25) is 0 Å². The Morgan fingerprint density at radius 2 is 1.07 bits per heavy atom. The van der Waals surface area contributed by atoms with E-state index >= 15 is 0 Å². The largest absolute Gasteiger partial charge is 0.280 e. The van der Waals surface area contributed by atoms with Crippen LogP contribution in [0.4, 0.5) is 20.2 Å². The van der Waals surface area contributed by atoms with Crippen LogP contribution in [0.1, 0.15) is 11.1 Å². The molecule has 0 aliphatic heterocycles. The Hall–Kier alpha value is -2.98. The van der Waals surface area contributed by atoms with E-state index in [4.69, 9.17) is 0 Å². The Morgan fingerprint density at radius 3 is 1.53 bits per heavy atom. The third-order valence-electron chi connectivity index (χ3n) is 4.38. The number of sulfonamides is 2. The highest BCUT2D eigenvalue weighted by Gasteiger charge is 2.18. The van der Waals surface area contributed by atoms with Crippen LogP contribution < -0.4 is 9.44 Å². The Morgan fingerprint density at radius 1 is 0.600 bits per heavy atom. The minimum absolute atomic E-state index is 0.105. The summed E-state index contributed by atoms with van der Waals surface area (Å²) in [4.78, 5) is -0.338. The van der Waals surface area contributed by atoms with Gasteiger partial charge in [-0.2, -0.15) is 0 Å². The van der Waals surface area contributed by atoms with Gasteiger partial charge in [0.25, 0.3) is 20.0 Å². The predicted molar refractivity (Wildman–Crippen MR) is 110 cm³/mol.